The largest absolute Gasteiger partial charge is 0.493 e. The summed E-state index contributed by atoms with van der Waals surface area (Å²) in [6.45, 7) is 3.39. The Hall–Kier alpha value is -3.53. The van der Waals surface area contributed by atoms with E-state index in [-0.39, 0.29) is 23.2 Å². The van der Waals surface area contributed by atoms with E-state index >= 15 is 0 Å². The number of hydrogen-bond donors (Lipinski definition) is 1. The minimum absolute atomic E-state index is 0.0246. The number of alkyl halides is 3. The van der Waals surface area contributed by atoms with E-state index in [0.29, 0.717) is 49.5 Å². The Morgan fingerprint density at radius 1 is 0.886 bits per heavy atom. The number of nitrogens with one attached hydrogen (secondary N) is 1. The summed E-state index contributed by atoms with van der Waals surface area (Å²) in [6, 6.07) is 30.8. The summed E-state index contributed by atoms with van der Waals surface area (Å²) in [5.41, 5.74) is 2.16. The summed E-state index contributed by atoms with van der Waals surface area (Å²) in [6.07, 6.45) is -3.48. The van der Waals surface area contributed by atoms with Crippen LogP contribution >= 0.6 is 11.6 Å². The molecule has 0 fully saturated rings. The Bertz CT molecular complexity index is 1550. The number of hydrogen-bond acceptors (Lipinski definition) is 4. The normalized spacial score (nSPS) is 12.1. The molecule has 44 heavy (non-hydrogen) atoms. The predicted octanol–water partition coefficient (Wildman–Crippen LogP) is 8.61. The molecule has 0 saturated heterocycles. The van der Waals surface area contributed by atoms with Crippen molar-refractivity contribution >= 4 is 27.3 Å². The summed E-state index contributed by atoms with van der Waals surface area (Å²) in [5.74, 6) is 0.507. The van der Waals surface area contributed by atoms with Crippen molar-refractivity contribution in [1.82, 2.24) is 4.90 Å². The van der Waals surface area contributed by atoms with Crippen LogP contribution in [0.3, 0.4) is 0 Å². The molecule has 0 aliphatic carbocycles. The minimum Gasteiger partial charge on any atom is -0.493 e. The van der Waals surface area contributed by atoms with Crippen LogP contribution in [0.15, 0.2) is 103 Å². The minimum atomic E-state index is -4.55. The third kappa shape index (κ3) is 9.74. The molecular weight excluding hydrogens is 609 g/mol. The van der Waals surface area contributed by atoms with Gasteiger partial charge in [-0.25, -0.2) is 8.42 Å². The van der Waals surface area contributed by atoms with E-state index in [9.17, 15) is 21.6 Å². The van der Waals surface area contributed by atoms with E-state index in [2.05, 4.69) is 33.9 Å². The van der Waals surface area contributed by atoms with Gasteiger partial charge in [-0.2, -0.15) is 13.2 Å². The second-order valence-corrected chi connectivity index (χ2v) is 12.8. The summed E-state index contributed by atoms with van der Waals surface area (Å²) in [4.78, 5) is 2.10. The summed E-state index contributed by atoms with van der Waals surface area (Å²) in [5, 5.41) is -0.292. The van der Waals surface area contributed by atoms with Crippen molar-refractivity contribution in [3.63, 3.8) is 0 Å². The van der Waals surface area contributed by atoms with E-state index in [1.165, 1.54) is 6.07 Å². The van der Waals surface area contributed by atoms with Gasteiger partial charge in [-0.1, -0.05) is 97.4 Å². The first-order valence-corrected chi connectivity index (χ1v) is 16.5. The van der Waals surface area contributed by atoms with Gasteiger partial charge in [0.15, 0.2) is 0 Å². The van der Waals surface area contributed by atoms with Gasteiger partial charge in [0, 0.05) is 31.6 Å². The van der Waals surface area contributed by atoms with E-state index in [1.807, 2.05) is 36.4 Å². The van der Waals surface area contributed by atoms with Crippen molar-refractivity contribution < 1.29 is 26.3 Å². The van der Waals surface area contributed by atoms with Crippen LogP contribution in [0.2, 0.25) is 5.02 Å². The Morgan fingerprint density at radius 3 is 2.14 bits per heavy atom. The Morgan fingerprint density at radius 2 is 1.52 bits per heavy atom. The van der Waals surface area contributed by atoms with Crippen molar-refractivity contribution in [2.75, 3.05) is 30.2 Å². The molecule has 234 valence electrons. The van der Waals surface area contributed by atoms with Crippen LogP contribution in [-0.2, 0) is 22.7 Å². The predicted molar refractivity (Wildman–Crippen MR) is 171 cm³/mol. The van der Waals surface area contributed by atoms with Crippen molar-refractivity contribution in [2.24, 2.45) is 0 Å². The summed E-state index contributed by atoms with van der Waals surface area (Å²) in [7, 11) is -3.43. The van der Waals surface area contributed by atoms with Gasteiger partial charge in [0.2, 0.25) is 10.0 Å². The van der Waals surface area contributed by atoms with Crippen LogP contribution in [-0.4, -0.2) is 38.8 Å². The lowest BCUT2D eigenvalue weighted by Gasteiger charge is -2.29. The quantitative estimate of drug-likeness (QED) is 0.132. The fraction of sp³-hybridized carbons (Fsp3) is 0.294. The Kier molecular flexibility index (Phi) is 11.7. The average molecular weight is 645 g/mol. The van der Waals surface area contributed by atoms with Gasteiger partial charge in [0.25, 0.3) is 0 Å². The van der Waals surface area contributed by atoms with Crippen molar-refractivity contribution in [1.29, 1.82) is 0 Å². The molecule has 5 nitrogen and oxygen atoms in total. The van der Waals surface area contributed by atoms with Crippen LogP contribution in [0.25, 0.3) is 0 Å². The van der Waals surface area contributed by atoms with Crippen LogP contribution in [0.1, 0.15) is 47.9 Å². The molecule has 1 N–H and O–H groups in total. The Balaban J connectivity index is 1.52. The lowest BCUT2D eigenvalue weighted by molar-refractivity contribution is -0.137. The number of nitrogens with zero attached hydrogens (tertiary/aromatic N) is 1. The number of ether oxygens (including phenoxy) is 1. The first-order chi connectivity index (χ1) is 21.1. The third-order valence-corrected chi connectivity index (χ3v) is 9.03. The van der Waals surface area contributed by atoms with E-state index in [0.717, 1.165) is 17.2 Å². The van der Waals surface area contributed by atoms with E-state index < -0.39 is 21.8 Å². The molecule has 0 heterocycles. The third-order valence-electron chi connectivity index (χ3n) is 7.09. The Labute approximate surface area is 262 Å². The van der Waals surface area contributed by atoms with Crippen LogP contribution in [0, 0.1) is 0 Å². The molecule has 0 radical (unpaired) electrons. The number of benzene rings is 4. The standard InChI is InChI=1S/C34H36ClF3N2O3S/c1-2-22-44(41,42)39-29-17-10-18-30(23-29)43-21-11-20-40(24-28-16-9-19-32(33(28)35)34(36,37)38)25-31(26-12-5-3-6-13-26)27-14-7-4-8-15-27/h3-10,12-19,23,31,39H,2,11,20-22,24-25H2,1H3. The zero-order valence-electron chi connectivity index (χ0n) is 24.4. The molecule has 0 aromatic heterocycles. The van der Waals surface area contributed by atoms with Gasteiger partial charge >= 0.3 is 6.18 Å². The number of rotatable bonds is 15. The molecular formula is C34H36ClF3N2O3S. The van der Waals surface area contributed by atoms with Gasteiger partial charge in [0.1, 0.15) is 5.75 Å². The highest BCUT2D eigenvalue weighted by molar-refractivity contribution is 7.92. The van der Waals surface area contributed by atoms with Crippen LogP contribution < -0.4 is 9.46 Å². The molecule has 0 spiro atoms. The molecule has 4 aromatic rings. The van der Waals surface area contributed by atoms with Gasteiger partial charge < -0.3 is 4.74 Å². The lowest BCUT2D eigenvalue weighted by atomic mass is 9.90. The molecule has 4 rings (SSSR count). The zero-order valence-corrected chi connectivity index (χ0v) is 26.0. The van der Waals surface area contributed by atoms with E-state index in [1.54, 1.807) is 37.3 Å². The van der Waals surface area contributed by atoms with Crippen molar-refractivity contribution in [2.45, 2.75) is 38.4 Å². The molecule has 0 aliphatic rings. The highest BCUT2D eigenvalue weighted by atomic mass is 35.5. The van der Waals surface area contributed by atoms with Crippen LogP contribution in [0.5, 0.6) is 5.75 Å². The van der Waals surface area contributed by atoms with Gasteiger partial charge in [-0.05, 0) is 47.7 Å². The van der Waals surface area contributed by atoms with Crippen molar-refractivity contribution in [3.8, 4) is 5.75 Å². The monoisotopic (exact) mass is 644 g/mol. The van der Waals surface area contributed by atoms with Gasteiger partial charge in [-0.15, -0.1) is 0 Å². The maximum absolute atomic E-state index is 13.6. The molecule has 0 saturated carbocycles. The lowest BCUT2D eigenvalue weighted by Crippen LogP contribution is -2.31. The number of halogens is 4. The maximum Gasteiger partial charge on any atom is 0.417 e. The molecule has 0 amide bonds. The van der Waals surface area contributed by atoms with Crippen molar-refractivity contribution in [3.05, 3.63) is 130 Å². The number of anilines is 1. The fourth-order valence-electron chi connectivity index (χ4n) is 5.06. The maximum atomic E-state index is 13.6. The van der Waals surface area contributed by atoms with Gasteiger partial charge in [-0.3, -0.25) is 9.62 Å². The highest BCUT2D eigenvalue weighted by Gasteiger charge is 2.34. The van der Waals surface area contributed by atoms with Gasteiger partial charge in [0.05, 0.1) is 28.6 Å². The molecule has 0 unspecified atom stereocenters. The van der Waals surface area contributed by atoms with Crippen LogP contribution in [0.4, 0.5) is 18.9 Å². The SMILES string of the molecule is CCCS(=O)(=O)Nc1cccc(OCCCN(Cc2cccc(C(F)(F)F)c2Cl)CC(c2ccccc2)c2ccccc2)c1. The molecule has 0 bridgehead atoms. The first-order valence-electron chi connectivity index (χ1n) is 14.5. The highest BCUT2D eigenvalue weighted by Crippen LogP contribution is 2.37. The number of sulfonamides is 1. The molecule has 10 heteroatoms. The second-order valence-electron chi connectivity index (χ2n) is 10.5. The molecule has 4 aromatic carbocycles. The summed E-state index contributed by atoms with van der Waals surface area (Å²) < 4.78 is 73.7. The summed E-state index contributed by atoms with van der Waals surface area (Å²) >= 11 is 6.31. The average Bonchev–Trinajstić information content (AvgIpc) is 2.99. The second kappa shape index (κ2) is 15.5. The van der Waals surface area contributed by atoms with E-state index in [4.69, 9.17) is 16.3 Å². The topological polar surface area (TPSA) is 58.6 Å². The molecule has 0 aliphatic heterocycles. The smallest absolute Gasteiger partial charge is 0.417 e. The fourth-order valence-corrected chi connectivity index (χ4v) is 6.47. The zero-order chi connectivity index (χ0) is 31.6. The molecule has 0 atom stereocenters. The first kappa shape index (κ1) is 33.4.